The molecule has 0 aliphatic heterocycles. The summed E-state index contributed by atoms with van der Waals surface area (Å²) in [5.74, 6) is -0.189. The summed E-state index contributed by atoms with van der Waals surface area (Å²) in [6, 6.07) is 19.8. The Morgan fingerprint density at radius 3 is 2.37 bits per heavy atom. The fourth-order valence-electron chi connectivity index (χ4n) is 3.85. The molecule has 2 aromatic heterocycles. The maximum atomic E-state index is 12.7. The number of carbonyl (C=O) groups is 2. The lowest BCUT2D eigenvalue weighted by Gasteiger charge is -2.11. The predicted octanol–water partition coefficient (Wildman–Crippen LogP) is 4.35. The second-order valence-corrected chi connectivity index (χ2v) is 9.42. The molecule has 2 heterocycles. The van der Waals surface area contributed by atoms with Gasteiger partial charge in [0.15, 0.2) is 5.16 Å². The Hall–Kier alpha value is -3.85. The average molecular weight is 489 g/mol. The molecule has 35 heavy (non-hydrogen) atoms. The Labute approximate surface area is 208 Å². The average Bonchev–Trinajstić information content (AvgIpc) is 3.45. The number of rotatable bonds is 7. The van der Waals surface area contributed by atoms with Crippen LogP contribution in [0.25, 0.3) is 11.4 Å². The molecule has 2 aromatic carbocycles. The van der Waals surface area contributed by atoms with Gasteiger partial charge in [-0.2, -0.15) is 0 Å². The maximum absolute atomic E-state index is 12.7. The predicted molar refractivity (Wildman–Crippen MR) is 137 cm³/mol. The topological polar surface area (TPSA) is 93.8 Å². The first-order valence-corrected chi connectivity index (χ1v) is 12.3. The number of aryl methyl sites for hydroxylation is 1. The maximum Gasteiger partial charge on any atom is 0.271 e. The minimum Gasteiger partial charge on any atom is -0.318 e. The number of thioether (sulfide) groups is 1. The molecule has 4 aromatic rings. The smallest absolute Gasteiger partial charge is 0.271 e. The van der Waals surface area contributed by atoms with Crippen molar-refractivity contribution in [1.82, 2.24) is 30.2 Å². The molecule has 0 bridgehead atoms. The van der Waals surface area contributed by atoms with Crippen molar-refractivity contribution in [2.24, 2.45) is 0 Å². The van der Waals surface area contributed by atoms with Crippen LogP contribution in [0.5, 0.6) is 0 Å². The Bertz CT molecular complexity index is 1330. The van der Waals surface area contributed by atoms with Crippen molar-refractivity contribution in [3.05, 3.63) is 89.5 Å². The summed E-state index contributed by atoms with van der Waals surface area (Å²) in [6.07, 6.45) is 1.62. The fourth-order valence-corrected chi connectivity index (χ4v) is 4.58. The number of para-hydroxylation sites is 1. The van der Waals surface area contributed by atoms with E-state index in [-0.39, 0.29) is 17.6 Å². The van der Waals surface area contributed by atoms with Gasteiger partial charge in [0.05, 0.1) is 11.3 Å². The normalized spacial score (nSPS) is 11.0. The van der Waals surface area contributed by atoms with Gasteiger partial charge < -0.3 is 4.57 Å². The molecule has 0 atom stereocenters. The van der Waals surface area contributed by atoms with E-state index < -0.39 is 0 Å². The molecule has 0 unspecified atom stereocenters. The molecule has 0 radical (unpaired) electrons. The fraction of sp³-hybridized carbons (Fsp3) is 0.231. The van der Waals surface area contributed by atoms with E-state index in [9.17, 15) is 9.59 Å². The van der Waals surface area contributed by atoms with Crippen LogP contribution in [0.3, 0.4) is 0 Å². The first-order chi connectivity index (χ1) is 16.8. The SMILES string of the molecule is Cc1cc(C(=O)NNC(=O)CSc2nncn2-c2ccc(C(C)C)cc2)c(C)n1-c1ccccc1. The van der Waals surface area contributed by atoms with Crippen molar-refractivity contribution in [3.8, 4) is 11.4 Å². The van der Waals surface area contributed by atoms with E-state index >= 15 is 0 Å². The van der Waals surface area contributed by atoms with Crippen LogP contribution in [-0.2, 0) is 4.79 Å². The van der Waals surface area contributed by atoms with E-state index in [1.165, 1.54) is 17.3 Å². The highest BCUT2D eigenvalue weighted by Gasteiger charge is 2.17. The summed E-state index contributed by atoms with van der Waals surface area (Å²) < 4.78 is 3.84. The van der Waals surface area contributed by atoms with Crippen LogP contribution < -0.4 is 10.9 Å². The standard InChI is InChI=1S/C26H28N6O2S/c1-17(2)20-10-12-21(13-11-20)31-16-27-30-26(31)35-15-24(33)28-29-25(34)23-14-18(3)32(19(23)4)22-8-6-5-7-9-22/h5-14,16-17H,15H2,1-4H3,(H,28,33)(H,29,34). The number of nitrogens with one attached hydrogen (secondary N) is 2. The molecular weight excluding hydrogens is 460 g/mol. The van der Waals surface area contributed by atoms with Crippen molar-refractivity contribution in [2.45, 2.75) is 38.8 Å². The molecule has 0 saturated heterocycles. The number of benzene rings is 2. The molecule has 0 aliphatic rings. The highest BCUT2D eigenvalue weighted by molar-refractivity contribution is 7.99. The summed E-state index contributed by atoms with van der Waals surface area (Å²) in [5.41, 5.74) is 10.4. The van der Waals surface area contributed by atoms with Crippen LogP contribution in [0.2, 0.25) is 0 Å². The zero-order valence-electron chi connectivity index (χ0n) is 20.1. The molecule has 4 rings (SSSR count). The Morgan fingerprint density at radius 1 is 0.971 bits per heavy atom. The summed E-state index contributed by atoms with van der Waals surface area (Å²) in [7, 11) is 0. The minimum atomic E-state index is -0.368. The van der Waals surface area contributed by atoms with Gasteiger partial charge >= 0.3 is 0 Å². The number of hydrazine groups is 1. The van der Waals surface area contributed by atoms with Gasteiger partial charge in [-0.1, -0.05) is 55.9 Å². The molecular formula is C26H28N6O2S. The van der Waals surface area contributed by atoms with E-state index in [0.29, 0.717) is 16.6 Å². The largest absolute Gasteiger partial charge is 0.318 e. The first-order valence-electron chi connectivity index (χ1n) is 11.3. The monoisotopic (exact) mass is 488 g/mol. The Morgan fingerprint density at radius 2 is 1.69 bits per heavy atom. The van der Waals surface area contributed by atoms with Gasteiger partial charge in [-0.05, 0) is 55.7 Å². The van der Waals surface area contributed by atoms with Gasteiger partial charge in [0, 0.05) is 22.8 Å². The number of carbonyl (C=O) groups excluding carboxylic acids is 2. The van der Waals surface area contributed by atoms with Gasteiger partial charge in [-0.15, -0.1) is 10.2 Å². The van der Waals surface area contributed by atoms with E-state index in [0.717, 1.165) is 22.8 Å². The number of hydrogen-bond donors (Lipinski definition) is 2. The van der Waals surface area contributed by atoms with Crippen molar-refractivity contribution in [1.29, 1.82) is 0 Å². The third kappa shape index (κ3) is 5.46. The van der Waals surface area contributed by atoms with Gasteiger partial charge in [0.1, 0.15) is 6.33 Å². The molecule has 0 fully saturated rings. The summed E-state index contributed by atoms with van der Waals surface area (Å²) in [6.45, 7) is 8.12. The second-order valence-electron chi connectivity index (χ2n) is 8.48. The van der Waals surface area contributed by atoms with Gasteiger partial charge in [0.2, 0.25) is 5.91 Å². The van der Waals surface area contributed by atoms with Gasteiger partial charge in [-0.25, -0.2) is 0 Å². The number of hydrogen-bond acceptors (Lipinski definition) is 5. The second kappa shape index (κ2) is 10.6. The lowest BCUT2D eigenvalue weighted by molar-refractivity contribution is -0.119. The molecule has 0 aliphatic carbocycles. The zero-order chi connectivity index (χ0) is 24.9. The first kappa shape index (κ1) is 24.3. The summed E-state index contributed by atoms with van der Waals surface area (Å²) in [4.78, 5) is 25.2. The Balaban J connectivity index is 1.35. The van der Waals surface area contributed by atoms with Crippen LogP contribution in [0.15, 0.2) is 72.1 Å². The quantitative estimate of drug-likeness (QED) is 0.298. The zero-order valence-corrected chi connectivity index (χ0v) is 21.0. The van der Waals surface area contributed by atoms with Crippen molar-refractivity contribution < 1.29 is 9.59 Å². The molecule has 9 heteroatoms. The molecule has 0 saturated carbocycles. The Kier molecular flexibility index (Phi) is 7.36. The van der Waals surface area contributed by atoms with E-state index in [4.69, 9.17) is 0 Å². The molecule has 180 valence electrons. The van der Waals surface area contributed by atoms with E-state index in [1.54, 1.807) is 6.33 Å². The van der Waals surface area contributed by atoms with Gasteiger partial charge in [-0.3, -0.25) is 25.0 Å². The van der Waals surface area contributed by atoms with Crippen LogP contribution in [0, 0.1) is 13.8 Å². The van der Waals surface area contributed by atoms with Crippen LogP contribution in [0.4, 0.5) is 0 Å². The number of nitrogens with zero attached hydrogens (tertiary/aromatic N) is 4. The third-order valence-corrected chi connectivity index (χ3v) is 6.64. The van der Waals surface area contributed by atoms with Gasteiger partial charge in [0.25, 0.3) is 5.91 Å². The lowest BCUT2D eigenvalue weighted by atomic mass is 10.0. The molecule has 2 N–H and O–H groups in total. The van der Waals surface area contributed by atoms with Crippen molar-refractivity contribution in [3.63, 3.8) is 0 Å². The lowest BCUT2D eigenvalue weighted by Crippen LogP contribution is -2.42. The van der Waals surface area contributed by atoms with Crippen LogP contribution in [-0.4, -0.2) is 36.9 Å². The summed E-state index contributed by atoms with van der Waals surface area (Å²) in [5, 5.41) is 8.70. The number of amides is 2. The van der Waals surface area contributed by atoms with Crippen molar-refractivity contribution in [2.75, 3.05) is 5.75 Å². The number of aromatic nitrogens is 4. The summed E-state index contributed by atoms with van der Waals surface area (Å²) >= 11 is 1.24. The van der Waals surface area contributed by atoms with Crippen molar-refractivity contribution >= 4 is 23.6 Å². The molecule has 0 spiro atoms. The van der Waals surface area contributed by atoms with Crippen LogP contribution >= 0.6 is 11.8 Å². The molecule has 8 nitrogen and oxygen atoms in total. The third-order valence-electron chi connectivity index (χ3n) is 5.69. The minimum absolute atomic E-state index is 0.0755. The highest BCUT2D eigenvalue weighted by Crippen LogP contribution is 2.22. The van der Waals surface area contributed by atoms with E-state index in [1.807, 2.05) is 71.5 Å². The highest BCUT2D eigenvalue weighted by atomic mass is 32.2. The van der Waals surface area contributed by atoms with Crippen LogP contribution in [0.1, 0.15) is 47.1 Å². The molecule has 2 amide bonds. The van der Waals surface area contributed by atoms with E-state index in [2.05, 4.69) is 47.0 Å².